The molecular weight excluding hydrogens is 278 g/mol. The molecular formula is C12H15BrClF. The van der Waals surface area contributed by atoms with Crippen molar-refractivity contribution in [3.05, 3.63) is 34.1 Å². The summed E-state index contributed by atoms with van der Waals surface area (Å²) in [6.45, 7) is 4.16. The van der Waals surface area contributed by atoms with Gasteiger partial charge in [-0.3, -0.25) is 0 Å². The van der Waals surface area contributed by atoms with Gasteiger partial charge in [0, 0.05) is 9.85 Å². The molecule has 0 aliphatic carbocycles. The van der Waals surface area contributed by atoms with E-state index in [2.05, 4.69) is 29.8 Å². The first-order valence-electron chi connectivity index (χ1n) is 5.12. The van der Waals surface area contributed by atoms with Crippen molar-refractivity contribution in [2.45, 2.75) is 32.1 Å². The van der Waals surface area contributed by atoms with Crippen LogP contribution in [0.1, 0.15) is 25.8 Å². The minimum atomic E-state index is -0.192. The van der Waals surface area contributed by atoms with Crippen LogP contribution in [-0.4, -0.2) is 5.38 Å². The fourth-order valence-electron chi connectivity index (χ4n) is 1.58. The van der Waals surface area contributed by atoms with Crippen LogP contribution in [0, 0.1) is 11.7 Å². The third kappa shape index (κ3) is 3.76. The molecule has 0 N–H and O–H groups in total. The summed E-state index contributed by atoms with van der Waals surface area (Å²) in [6.07, 6.45) is 1.75. The van der Waals surface area contributed by atoms with Crippen LogP contribution in [0.2, 0.25) is 0 Å². The minimum absolute atomic E-state index is 0.153. The van der Waals surface area contributed by atoms with Gasteiger partial charge in [0.1, 0.15) is 5.82 Å². The summed E-state index contributed by atoms with van der Waals surface area (Å²) >= 11 is 9.57. The summed E-state index contributed by atoms with van der Waals surface area (Å²) in [5.74, 6) is 0.165. The number of benzene rings is 1. The van der Waals surface area contributed by atoms with Gasteiger partial charge in [-0.15, -0.1) is 11.6 Å². The third-order valence-corrected chi connectivity index (χ3v) is 4.07. The molecule has 0 aliphatic heterocycles. The lowest BCUT2D eigenvalue weighted by Crippen LogP contribution is -2.13. The van der Waals surface area contributed by atoms with E-state index in [4.69, 9.17) is 11.6 Å². The van der Waals surface area contributed by atoms with Crippen LogP contribution in [-0.2, 0) is 6.42 Å². The lowest BCUT2D eigenvalue weighted by atomic mass is 9.96. The second-order valence-electron chi connectivity index (χ2n) is 3.84. The highest BCUT2D eigenvalue weighted by Gasteiger charge is 2.14. The Hall–Kier alpha value is -0.0800. The first-order chi connectivity index (χ1) is 7.04. The molecule has 3 heteroatoms. The Labute approximate surface area is 104 Å². The SMILES string of the molecule is CCC(Cl)C(C)Cc1cc(F)ccc1Br. The fraction of sp³-hybridized carbons (Fsp3) is 0.500. The maximum atomic E-state index is 13.0. The van der Waals surface area contributed by atoms with E-state index in [0.717, 1.165) is 22.9 Å². The molecule has 0 amide bonds. The number of rotatable bonds is 4. The molecule has 0 saturated heterocycles. The van der Waals surface area contributed by atoms with Crippen molar-refractivity contribution < 1.29 is 4.39 Å². The van der Waals surface area contributed by atoms with E-state index in [1.807, 2.05) is 0 Å². The zero-order valence-electron chi connectivity index (χ0n) is 8.93. The standard InChI is InChI=1S/C12H15BrClF/c1-3-12(14)8(2)6-9-7-10(15)4-5-11(9)13/h4-5,7-8,12H,3,6H2,1-2H3. The molecule has 84 valence electrons. The summed E-state index contributed by atoms with van der Waals surface area (Å²) in [4.78, 5) is 0. The number of hydrogen-bond donors (Lipinski definition) is 0. The van der Waals surface area contributed by atoms with Gasteiger partial charge < -0.3 is 0 Å². The normalized spacial score (nSPS) is 15.0. The summed E-state index contributed by atoms with van der Waals surface area (Å²) in [6, 6.07) is 4.77. The lowest BCUT2D eigenvalue weighted by Gasteiger charge is -2.17. The second kappa shape index (κ2) is 5.86. The summed E-state index contributed by atoms with van der Waals surface area (Å²) in [5, 5.41) is 0.153. The Balaban J connectivity index is 2.75. The van der Waals surface area contributed by atoms with Gasteiger partial charge in [-0.25, -0.2) is 4.39 Å². The van der Waals surface area contributed by atoms with Crippen LogP contribution in [0.3, 0.4) is 0 Å². The average molecular weight is 294 g/mol. The highest BCUT2D eigenvalue weighted by atomic mass is 79.9. The van der Waals surface area contributed by atoms with Crippen molar-refractivity contribution in [2.75, 3.05) is 0 Å². The number of alkyl halides is 1. The maximum absolute atomic E-state index is 13.0. The molecule has 15 heavy (non-hydrogen) atoms. The summed E-state index contributed by atoms with van der Waals surface area (Å²) in [5.41, 5.74) is 0.988. The maximum Gasteiger partial charge on any atom is 0.123 e. The molecule has 0 aliphatic rings. The summed E-state index contributed by atoms with van der Waals surface area (Å²) < 4.78 is 14.0. The second-order valence-corrected chi connectivity index (χ2v) is 5.26. The first kappa shape index (κ1) is 13.0. The fourth-order valence-corrected chi connectivity index (χ4v) is 2.07. The Morgan fingerprint density at radius 3 is 2.73 bits per heavy atom. The van der Waals surface area contributed by atoms with Gasteiger partial charge >= 0.3 is 0 Å². The Bertz CT molecular complexity index is 327. The molecule has 0 spiro atoms. The van der Waals surface area contributed by atoms with Crippen LogP contribution in [0.15, 0.2) is 22.7 Å². The van der Waals surface area contributed by atoms with Crippen LogP contribution in [0.25, 0.3) is 0 Å². The van der Waals surface area contributed by atoms with Crippen LogP contribution < -0.4 is 0 Å². The van der Waals surface area contributed by atoms with Gasteiger partial charge in [-0.05, 0) is 42.5 Å². The van der Waals surface area contributed by atoms with Crippen molar-refractivity contribution in [2.24, 2.45) is 5.92 Å². The van der Waals surface area contributed by atoms with Crippen LogP contribution in [0.5, 0.6) is 0 Å². The molecule has 0 heterocycles. The van der Waals surface area contributed by atoms with Crippen molar-refractivity contribution in [1.29, 1.82) is 0 Å². The van der Waals surface area contributed by atoms with E-state index in [1.165, 1.54) is 6.07 Å². The topological polar surface area (TPSA) is 0 Å². The molecule has 1 rings (SSSR count). The van der Waals surface area contributed by atoms with E-state index >= 15 is 0 Å². The molecule has 1 aromatic rings. The Morgan fingerprint density at radius 2 is 2.13 bits per heavy atom. The van der Waals surface area contributed by atoms with E-state index in [1.54, 1.807) is 12.1 Å². The molecule has 0 saturated carbocycles. The van der Waals surface area contributed by atoms with E-state index < -0.39 is 0 Å². The quantitative estimate of drug-likeness (QED) is 0.701. The predicted molar refractivity (Wildman–Crippen MR) is 66.9 cm³/mol. The monoisotopic (exact) mass is 292 g/mol. The average Bonchev–Trinajstić information content (AvgIpc) is 2.22. The smallest absolute Gasteiger partial charge is 0.123 e. The predicted octanol–water partition coefficient (Wildman–Crippen LogP) is 4.78. The van der Waals surface area contributed by atoms with E-state index in [0.29, 0.717) is 5.92 Å². The highest BCUT2D eigenvalue weighted by Crippen LogP contribution is 2.24. The van der Waals surface area contributed by atoms with Gasteiger partial charge in [0.15, 0.2) is 0 Å². The lowest BCUT2D eigenvalue weighted by molar-refractivity contribution is 0.527. The highest BCUT2D eigenvalue weighted by molar-refractivity contribution is 9.10. The van der Waals surface area contributed by atoms with Crippen LogP contribution >= 0.6 is 27.5 Å². The molecule has 0 aromatic heterocycles. The van der Waals surface area contributed by atoms with Crippen molar-refractivity contribution in [3.63, 3.8) is 0 Å². The zero-order valence-corrected chi connectivity index (χ0v) is 11.3. The Kier molecular flexibility index (Phi) is 5.07. The minimum Gasteiger partial charge on any atom is -0.207 e. The van der Waals surface area contributed by atoms with Crippen molar-refractivity contribution in [3.8, 4) is 0 Å². The molecule has 2 atom stereocenters. The van der Waals surface area contributed by atoms with Crippen molar-refractivity contribution >= 4 is 27.5 Å². The van der Waals surface area contributed by atoms with E-state index in [-0.39, 0.29) is 11.2 Å². The molecule has 0 nitrogen and oxygen atoms in total. The number of hydrogen-bond acceptors (Lipinski definition) is 0. The number of halogens is 3. The molecule has 0 radical (unpaired) electrons. The van der Waals surface area contributed by atoms with Gasteiger partial charge in [0.25, 0.3) is 0 Å². The van der Waals surface area contributed by atoms with E-state index in [9.17, 15) is 4.39 Å². The molecule has 0 bridgehead atoms. The van der Waals surface area contributed by atoms with Crippen LogP contribution in [0.4, 0.5) is 4.39 Å². The Morgan fingerprint density at radius 1 is 1.47 bits per heavy atom. The first-order valence-corrected chi connectivity index (χ1v) is 6.35. The zero-order chi connectivity index (χ0) is 11.4. The largest absolute Gasteiger partial charge is 0.207 e. The van der Waals surface area contributed by atoms with Gasteiger partial charge in [-0.1, -0.05) is 29.8 Å². The van der Waals surface area contributed by atoms with Gasteiger partial charge in [-0.2, -0.15) is 0 Å². The molecule has 1 aromatic carbocycles. The van der Waals surface area contributed by atoms with Gasteiger partial charge in [0.2, 0.25) is 0 Å². The summed E-state index contributed by atoms with van der Waals surface area (Å²) in [7, 11) is 0. The third-order valence-electron chi connectivity index (χ3n) is 2.56. The molecule has 2 unspecified atom stereocenters. The van der Waals surface area contributed by atoms with Gasteiger partial charge in [0.05, 0.1) is 0 Å². The van der Waals surface area contributed by atoms with Crippen molar-refractivity contribution in [1.82, 2.24) is 0 Å². The molecule has 0 fully saturated rings.